The van der Waals surface area contributed by atoms with Crippen LogP contribution in [0, 0.1) is 0 Å². The summed E-state index contributed by atoms with van der Waals surface area (Å²) in [6.45, 7) is 14.7. The molecule has 0 aromatic rings. The molecule has 1 N–H and O–H groups in total. The monoisotopic (exact) mass is 300 g/mol. The smallest absolute Gasteiger partial charge is 0.325 e. The van der Waals surface area contributed by atoms with Gasteiger partial charge in [0.2, 0.25) is 0 Å². The van der Waals surface area contributed by atoms with Crippen LogP contribution >= 0.6 is 0 Å². The van der Waals surface area contributed by atoms with Gasteiger partial charge in [0.1, 0.15) is 5.54 Å². The average Bonchev–Trinajstić information content (AvgIpc) is 2.40. The van der Waals surface area contributed by atoms with Crippen LogP contribution in [0.1, 0.15) is 67.2 Å². The van der Waals surface area contributed by atoms with Crippen molar-refractivity contribution in [2.24, 2.45) is 0 Å². The average molecular weight is 300 g/mol. The van der Waals surface area contributed by atoms with Crippen LogP contribution in [0.2, 0.25) is 0 Å². The van der Waals surface area contributed by atoms with E-state index in [2.05, 4.69) is 44.8 Å². The Bertz CT molecular complexity index is 293. The highest BCUT2D eigenvalue weighted by Gasteiger charge is 2.35. The van der Waals surface area contributed by atoms with E-state index < -0.39 is 5.54 Å². The Morgan fingerprint density at radius 2 is 1.81 bits per heavy atom. The van der Waals surface area contributed by atoms with E-state index in [9.17, 15) is 4.79 Å². The number of hydrogen-bond donors (Lipinski definition) is 1. The van der Waals surface area contributed by atoms with Gasteiger partial charge in [0.25, 0.3) is 0 Å². The predicted molar refractivity (Wildman–Crippen MR) is 89.5 cm³/mol. The Morgan fingerprint density at radius 3 is 2.24 bits per heavy atom. The van der Waals surface area contributed by atoms with Gasteiger partial charge in [-0.3, -0.25) is 10.1 Å². The number of methoxy groups -OCH3 is 1. The lowest BCUT2D eigenvalue weighted by molar-refractivity contribution is -0.148. The van der Waals surface area contributed by atoms with Gasteiger partial charge >= 0.3 is 5.97 Å². The van der Waals surface area contributed by atoms with Gasteiger partial charge in [-0.1, -0.05) is 19.8 Å². The lowest BCUT2D eigenvalue weighted by Gasteiger charge is -2.34. The van der Waals surface area contributed by atoms with E-state index in [1.54, 1.807) is 0 Å². The summed E-state index contributed by atoms with van der Waals surface area (Å²) in [6.07, 6.45) is 4.49. The molecule has 0 aliphatic carbocycles. The highest BCUT2D eigenvalue weighted by molar-refractivity contribution is 5.80. The maximum Gasteiger partial charge on any atom is 0.325 e. The van der Waals surface area contributed by atoms with Crippen LogP contribution < -0.4 is 5.32 Å². The molecule has 0 spiro atoms. The molecule has 0 saturated carbocycles. The van der Waals surface area contributed by atoms with Crippen molar-refractivity contribution < 1.29 is 9.53 Å². The Hall–Kier alpha value is -0.610. The van der Waals surface area contributed by atoms with Gasteiger partial charge in [0.15, 0.2) is 0 Å². The fraction of sp³-hybridized carbons (Fsp3) is 0.941. The Morgan fingerprint density at radius 1 is 1.19 bits per heavy atom. The molecule has 1 atom stereocenters. The summed E-state index contributed by atoms with van der Waals surface area (Å²) < 4.78 is 4.99. The zero-order valence-electron chi connectivity index (χ0n) is 15.2. The first-order valence-corrected chi connectivity index (χ1v) is 8.37. The summed E-state index contributed by atoms with van der Waals surface area (Å²) in [5.74, 6) is -0.173. The van der Waals surface area contributed by atoms with Gasteiger partial charge in [-0.25, -0.2) is 0 Å². The Balaban J connectivity index is 4.64. The molecule has 0 saturated heterocycles. The third kappa shape index (κ3) is 7.82. The molecule has 0 rings (SSSR count). The zero-order chi connectivity index (χ0) is 16.5. The standard InChI is InChI=1S/C17H36N2O2/c1-8-9-10-12-19(15(4)5)13-11-17(6,16(20)21-7)18-14(2)3/h14-15,18H,8-13H2,1-7H3. The SMILES string of the molecule is CCCCCN(CCC(C)(NC(C)C)C(=O)OC)C(C)C. The summed E-state index contributed by atoms with van der Waals surface area (Å²) in [5.41, 5.74) is -0.610. The van der Waals surface area contributed by atoms with E-state index in [0.717, 1.165) is 19.5 Å². The topological polar surface area (TPSA) is 41.6 Å². The van der Waals surface area contributed by atoms with E-state index in [-0.39, 0.29) is 12.0 Å². The first-order valence-electron chi connectivity index (χ1n) is 8.37. The van der Waals surface area contributed by atoms with Crippen LogP contribution in [0.15, 0.2) is 0 Å². The van der Waals surface area contributed by atoms with Crippen LogP contribution in [0.3, 0.4) is 0 Å². The molecule has 21 heavy (non-hydrogen) atoms. The molecule has 1 unspecified atom stereocenters. The lowest BCUT2D eigenvalue weighted by Crippen LogP contribution is -2.54. The van der Waals surface area contributed by atoms with Gasteiger partial charge in [-0.15, -0.1) is 0 Å². The summed E-state index contributed by atoms with van der Waals surface area (Å²) in [4.78, 5) is 14.6. The number of esters is 1. The molecule has 4 heteroatoms. The molecular weight excluding hydrogens is 264 g/mol. The molecule has 126 valence electrons. The van der Waals surface area contributed by atoms with Gasteiger partial charge in [-0.2, -0.15) is 0 Å². The van der Waals surface area contributed by atoms with E-state index in [1.165, 1.54) is 26.4 Å². The van der Waals surface area contributed by atoms with E-state index in [0.29, 0.717) is 6.04 Å². The second-order valence-electron chi connectivity index (χ2n) is 6.71. The molecule has 4 nitrogen and oxygen atoms in total. The Kier molecular flexibility index (Phi) is 9.88. The molecule has 0 heterocycles. The minimum absolute atomic E-state index is 0.173. The fourth-order valence-corrected chi connectivity index (χ4v) is 2.66. The van der Waals surface area contributed by atoms with Crippen molar-refractivity contribution in [3.05, 3.63) is 0 Å². The largest absolute Gasteiger partial charge is 0.468 e. The number of ether oxygens (including phenoxy) is 1. The highest BCUT2D eigenvalue weighted by Crippen LogP contribution is 2.16. The first-order chi connectivity index (χ1) is 9.76. The summed E-state index contributed by atoms with van der Waals surface area (Å²) >= 11 is 0. The number of carbonyl (C=O) groups is 1. The maximum absolute atomic E-state index is 12.1. The lowest BCUT2D eigenvalue weighted by atomic mass is 9.96. The molecule has 0 fully saturated rings. The second kappa shape index (κ2) is 10.2. The first kappa shape index (κ1) is 20.4. The minimum Gasteiger partial charge on any atom is -0.468 e. The number of nitrogens with one attached hydrogen (secondary N) is 1. The number of carbonyl (C=O) groups excluding carboxylic acids is 1. The predicted octanol–water partition coefficient (Wildman–Crippen LogP) is 3.21. The van der Waals surface area contributed by atoms with Crippen LogP contribution in [0.25, 0.3) is 0 Å². The molecule has 0 bridgehead atoms. The molecular formula is C17H36N2O2. The van der Waals surface area contributed by atoms with Crippen LogP contribution in [-0.4, -0.2) is 48.7 Å². The van der Waals surface area contributed by atoms with Gasteiger partial charge < -0.3 is 9.64 Å². The molecule has 0 aliphatic rings. The number of hydrogen-bond acceptors (Lipinski definition) is 4. The summed E-state index contributed by atoms with van der Waals surface area (Å²) in [6, 6.07) is 0.754. The van der Waals surface area contributed by atoms with Gasteiger partial charge in [0, 0.05) is 18.6 Å². The highest BCUT2D eigenvalue weighted by atomic mass is 16.5. The third-order valence-corrected chi connectivity index (χ3v) is 3.92. The molecule has 0 amide bonds. The summed E-state index contributed by atoms with van der Waals surface area (Å²) in [5, 5.41) is 3.37. The maximum atomic E-state index is 12.1. The van der Waals surface area contributed by atoms with E-state index in [1.807, 2.05) is 6.92 Å². The minimum atomic E-state index is -0.610. The van der Waals surface area contributed by atoms with Crippen LogP contribution in [-0.2, 0) is 9.53 Å². The molecule has 0 aromatic carbocycles. The van der Waals surface area contributed by atoms with Crippen molar-refractivity contribution in [2.75, 3.05) is 20.2 Å². The number of rotatable bonds is 11. The van der Waals surface area contributed by atoms with E-state index in [4.69, 9.17) is 4.74 Å². The van der Waals surface area contributed by atoms with Crippen molar-refractivity contribution in [1.82, 2.24) is 10.2 Å². The van der Waals surface area contributed by atoms with Crippen molar-refractivity contribution in [3.63, 3.8) is 0 Å². The third-order valence-electron chi connectivity index (χ3n) is 3.92. The van der Waals surface area contributed by atoms with Crippen molar-refractivity contribution >= 4 is 5.97 Å². The van der Waals surface area contributed by atoms with Crippen molar-refractivity contribution in [1.29, 1.82) is 0 Å². The number of unbranched alkanes of at least 4 members (excludes halogenated alkanes) is 2. The van der Waals surface area contributed by atoms with Crippen LogP contribution in [0.4, 0.5) is 0 Å². The molecule has 0 aliphatic heterocycles. The summed E-state index contributed by atoms with van der Waals surface area (Å²) in [7, 11) is 1.46. The second-order valence-corrected chi connectivity index (χ2v) is 6.71. The van der Waals surface area contributed by atoms with E-state index >= 15 is 0 Å². The van der Waals surface area contributed by atoms with Gasteiger partial charge in [0.05, 0.1) is 7.11 Å². The zero-order valence-corrected chi connectivity index (χ0v) is 15.2. The number of nitrogens with zero attached hydrogens (tertiary/aromatic N) is 1. The van der Waals surface area contributed by atoms with Crippen molar-refractivity contribution in [3.8, 4) is 0 Å². The molecule has 0 radical (unpaired) electrons. The quantitative estimate of drug-likeness (QED) is 0.470. The molecule has 0 aromatic heterocycles. The van der Waals surface area contributed by atoms with Crippen molar-refractivity contribution in [2.45, 2.75) is 84.8 Å². The normalized spacial score (nSPS) is 14.8. The Labute approximate surface area is 131 Å². The fourth-order valence-electron chi connectivity index (χ4n) is 2.66. The van der Waals surface area contributed by atoms with Crippen LogP contribution in [0.5, 0.6) is 0 Å². The van der Waals surface area contributed by atoms with Gasteiger partial charge in [-0.05, 0) is 54.0 Å².